The zero-order valence-electron chi connectivity index (χ0n) is 16.3. The molecule has 1 aromatic carbocycles. The fraction of sp³-hybridized carbons (Fsp3) is 0.700. The highest BCUT2D eigenvalue weighted by atomic mass is 16.8. The molecule has 0 radical (unpaired) electrons. The van der Waals surface area contributed by atoms with Crippen LogP contribution < -0.4 is 4.74 Å². The average Bonchev–Trinajstić information content (AvgIpc) is 3.10. The largest absolute Gasteiger partial charge is 0.493 e. The van der Waals surface area contributed by atoms with Crippen LogP contribution in [0.5, 0.6) is 5.75 Å². The molecule has 2 fully saturated rings. The molecule has 27 heavy (non-hydrogen) atoms. The molecule has 2 heterocycles. The molecule has 7 heteroatoms. The first-order valence-electron chi connectivity index (χ1n) is 9.42. The predicted molar refractivity (Wildman–Crippen MR) is 97.1 cm³/mol. The molecule has 3 rings (SSSR count). The van der Waals surface area contributed by atoms with Crippen molar-refractivity contribution in [3.05, 3.63) is 29.8 Å². The number of rotatable bonds is 8. The minimum absolute atomic E-state index is 0.320. The van der Waals surface area contributed by atoms with Crippen LogP contribution in [0.3, 0.4) is 0 Å². The molecule has 0 aliphatic carbocycles. The van der Waals surface area contributed by atoms with E-state index in [2.05, 4.69) is 13.8 Å². The second-order valence-corrected chi connectivity index (χ2v) is 7.94. The van der Waals surface area contributed by atoms with Gasteiger partial charge in [-0.25, -0.2) is 0 Å². The molecule has 0 amide bonds. The highest BCUT2D eigenvalue weighted by molar-refractivity contribution is 5.27. The van der Waals surface area contributed by atoms with Crippen LogP contribution in [0.25, 0.3) is 0 Å². The van der Waals surface area contributed by atoms with Gasteiger partial charge in [0, 0.05) is 0 Å². The Morgan fingerprint density at radius 2 is 1.85 bits per heavy atom. The third-order valence-corrected chi connectivity index (χ3v) is 4.54. The smallest absolute Gasteiger partial charge is 0.190 e. The Hall–Kier alpha value is -1.22. The molecule has 0 spiro atoms. The number of hydrogen-bond donors (Lipinski definition) is 2. The topological polar surface area (TPSA) is 86.6 Å². The maximum absolute atomic E-state index is 10.1. The molecule has 1 aromatic rings. The Balaban J connectivity index is 1.61. The number of benzene rings is 1. The molecule has 0 bridgehead atoms. The van der Waals surface area contributed by atoms with Gasteiger partial charge in [-0.15, -0.1) is 0 Å². The molecule has 0 saturated carbocycles. The van der Waals surface area contributed by atoms with Crippen LogP contribution >= 0.6 is 0 Å². The standard InChI is InChI=1S/C20H30O7/c1-12(2)10-23-14-7-5-13(6-8-14)11-24-17-16(15(22)9-21)25-19-18(17)26-20(3,4)27-19/h5-8,12,15-19,21-22H,9-11H2,1-4H3/t15-,16-,17+,18-,19-/m1/s1. The lowest BCUT2D eigenvalue weighted by Gasteiger charge is -2.28. The van der Waals surface area contributed by atoms with E-state index in [1.54, 1.807) is 13.8 Å². The highest BCUT2D eigenvalue weighted by Gasteiger charge is 2.56. The van der Waals surface area contributed by atoms with E-state index in [1.807, 2.05) is 24.3 Å². The van der Waals surface area contributed by atoms with Gasteiger partial charge in [-0.1, -0.05) is 26.0 Å². The van der Waals surface area contributed by atoms with Gasteiger partial charge >= 0.3 is 0 Å². The van der Waals surface area contributed by atoms with E-state index in [-0.39, 0.29) is 0 Å². The molecule has 152 valence electrons. The highest BCUT2D eigenvalue weighted by Crippen LogP contribution is 2.39. The maximum atomic E-state index is 10.1. The van der Waals surface area contributed by atoms with Gasteiger partial charge in [0.1, 0.15) is 30.2 Å². The Bertz CT molecular complexity index is 601. The summed E-state index contributed by atoms with van der Waals surface area (Å²) >= 11 is 0. The van der Waals surface area contributed by atoms with Gasteiger partial charge in [-0.05, 0) is 37.5 Å². The quantitative estimate of drug-likeness (QED) is 0.709. The molecule has 2 saturated heterocycles. The lowest BCUT2D eigenvalue weighted by Crippen LogP contribution is -2.44. The van der Waals surface area contributed by atoms with Gasteiger partial charge in [0.25, 0.3) is 0 Å². The summed E-state index contributed by atoms with van der Waals surface area (Å²) in [7, 11) is 0. The van der Waals surface area contributed by atoms with Crippen LogP contribution in [0.15, 0.2) is 24.3 Å². The van der Waals surface area contributed by atoms with E-state index in [0.29, 0.717) is 19.1 Å². The number of fused-ring (bicyclic) bond motifs is 1. The zero-order chi connectivity index (χ0) is 19.6. The molecule has 2 aliphatic heterocycles. The first kappa shape index (κ1) is 20.5. The van der Waals surface area contributed by atoms with Crippen molar-refractivity contribution in [3.8, 4) is 5.75 Å². The summed E-state index contributed by atoms with van der Waals surface area (Å²) in [5, 5.41) is 19.4. The molecule has 2 N–H and O–H groups in total. The van der Waals surface area contributed by atoms with Crippen LogP contribution in [-0.2, 0) is 25.6 Å². The second-order valence-electron chi connectivity index (χ2n) is 7.94. The van der Waals surface area contributed by atoms with Crippen LogP contribution in [0.1, 0.15) is 33.3 Å². The third kappa shape index (κ3) is 4.99. The van der Waals surface area contributed by atoms with Crippen molar-refractivity contribution in [2.24, 2.45) is 5.92 Å². The zero-order valence-corrected chi connectivity index (χ0v) is 16.3. The second kappa shape index (κ2) is 8.43. The fourth-order valence-electron chi connectivity index (χ4n) is 3.24. The first-order valence-corrected chi connectivity index (χ1v) is 9.42. The summed E-state index contributed by atoms with van der Waals surface area (Å²) in [6, 6.07) is 7.70. The Morgan fingerprint density at radius 3 is 2.48 bits per heavy atom. The lowest BCUT2D eigenvalue weighted by molar-refractivity contribution is -0.232. The van der Waals surface area contributed by atoms with Crippen LogP contribution in [-0.4, -0.2) is 59.9 Å². The molecule has 0 aromatic heterocycles. The molecule has 2 aliphatic rings. The summed E-state index contributed by atoms with van der Waals surface area (Å²) in [5.41, 5.74) is 0.964. The number of aliphatic hydroxyl groups excluding tert-OH is 2. The SMILES string of the molecule is CC(C)COc1ccc(CO[C@@H]2[C@H]3OC(C)(C)O[C@H]3O[C@@H]2[C@H](O)CO)cc1. The van der Waals surface area contributed by atoms with Gasteiger partial charge in [0.15, 0.2) is 12.1 Å². The van der Waals surface area contributed by atoms with Crippen LogP contribution in [0.4, 0.5) is 0 Å². The molecular weight excluding hydrogens is 352 g/mol. The van der Waals surface area contributed by atoms with Crippen LogP contribution in [0, 0.1) is 5.92 Å². The summed E-state index contributed by atoms with van der Waals surface area (Å²) in [6.45, 7) is 8.39. The van der Waals surface area contributed by atoms with Crippen molar-refractivity contribution in [2.75, 3.05) is 13.2 Å². The van der Waals surface area contributed by atoms with Crippen LogP contribution in [0.2, 0.25) is 0 Å². The van der Waals surface area contributed by atoms with E-state index in [1.165, 1.54) is 0 Å². The van der Waals surface area contributed by atoms with E-state index in [9.17, 15) is 10.2 Å². The predicted octanol–water partition coefficient (Wildman–Crippen LogP) is 1.84. The van der Waals surface area contributed by atoms with Crippen molar-refractivity contribution in [1.82, 2.24) is 0 Å². The summed E-state index contributed by atoms with van der Waals surface area (Å²) in [4.78, 5) is 0. The fourth-order valence-corrected chi connectivity index (χ4v) is 3.24. The monoisotopic (exact) mass is 382 g/mol. The van der Waals surface area contributed by atoms with E-state index in [0.717, 1.165) is 11.3 Å². The average molecular weight is 382 g/mol. The van der Waals surface area contributed by atoms with Gasteiger partial charge in [-0.2, -0.15) is 0 Å². The number of aliphatic hydroxyl groups is 2. The van der Waals surface area contributed by atoms with E-state index >= 15 is 0 Å². The Labute approximate surface area is 160 Å². The Morgan fingerprint density at radius 1 is 1.15 bits per heavy atom. The summed E-state index contributed by atoms with van der Waals surface area (Å²) in [5.74, 6) is 0.511. The van der Waals surface area contributed by atoms with Gasteiger partial charge in [0.2, 0.25) is 0 Å². The molecular formula is C20H30O7. The molecule has 5 atom stereocenters. The van der Waals surface area contributed by atoms with Crippen molar-refractivity contribution in [2.45, 2.75) is 70.8 Å². The third-order valence-electron chi connectivity index (χ3n) is 4.54. The first-order chi connectivity index (χ1) is 12.8. The van der Waals surface area contributed by atoms with E-state index < -0.39 is 43.1 Å². The summed E-state index contributed by atoms with van der Waals surface area (Å²) < 4.78 is 29.1. The Kier molecular flexibility index (Phi) is 6.40. The molecule has 7 nitrogen and oxygen atoms in total. The number of ether oxygens (including phenoxy) is 5. The van der Waals surface area contributed by atoms with E-state index in [4.69, 9.17) is 23.7 Å². The number of hydrogen-bond acceptors (Lipinski definition) is 7. The van der Waals surface area contributed by atoms with Gasteiger partial charge in [-0.3, -0.25) is 0 Å². The summed E-state index contributed by atoms with van der Waals surface area (Å²) in [6.07, 6.45) is -3.41. The molecule has 0 unspecified atom stereocenters. The van der Waals surface area contributed by atoms with Gasteiger partial charge < -0.3 is 33.9 Å². The van der Waals surface area contributed by atoms with Crippen molar-refractivity contribution < 1.29 is 33.9 Å². The van der Waals surface area contributed by atoms with Gasteiger partial charge in [0.05, 0.1) is 19.8 Å². The normalized spacial score (nSPS) is 30.5. The minimum atomic E-state index is -1.07. The lowest BCUT2D eigenvalue weighted by atomic mass is 10.1. The van der Waals surface area contributed by atoms with Crippen molar-refractivity contribution in [1.29, 1.82) is 0 Å². The van der Waals surface area contributed by atoms with Crippen molar-refractivity contribution >= 4 is 0 Å². The maximum Gasteiger partial charge on any atom is 0.190 e. The minimum Gasteiger partial charge on any atom is -0.493 e. The van der Waals surface area contributed by atoms with Crippen molar-refractivity contribution in [3.63, 3.8) is 0 Å².